The van der Waals surface area contributed by atoms with E-state index in [4.69, 9.17) is 0 Å². The molecule has 1 heterocycles. The number of nitrogens with zero attached hydrogens (tertiary/aromatic N) is 2. The van der Waals surface area contributed by atoms with E-state index >= 15 is 0 Å². The lowest BCUT2D eigenvalue weighted by Gasteiger charge is -2.44. The molecule has 0 aromatic carbocycles. The van der Waals surface area contributed by atoms with Crippen molar-refractivity contribution in [1.29, 1.82) is 0 Å². The maximum absolute atomic E-state index is 11.8. The molecule has 2 saturated carbocycles. The number of hydrogen-bond donors (Lipinski definition) is 1. The van der Waals surface area contributed by atoms with Crippen LogP contribution < -0.4 is 0 Å². The maximum atomic E-state index is 11.8. The lowest BCUT2D eigenvalue weighted by atomic mass is 9.67. The molecular weight excluding hydrogens is 264 g/mol. The summed E-state index contributed by atoms with van der Waals surface area (Å²) in [5.74, 6) is -0.218. The molecule has 21 heavy (non-hydrogen) atoms. The molecule has 4 heteroatoms. The number of carbonyl (C=O) groups is 1. The summed E-state index contributed by atoms with van der Waals surface area (Å²) >= 11 is 0. The number of carboxylic acids is 1. The van der Waals surface area contributed by atoms with Crippen molar-refractivity contribution in [3.8, 4) is 0 Å². The van der Waals surface area contributed by atoms with Crippen LogP contribution in [0.25, 0.3) is 0 Å². The largest absolute Gasteiger partial charge is 0.480 e. The summed E-state index contributed by atoms with van der Waals surface area (Å²) in [6.45, 7) is 3.82. The van der Waals surface area contributed by atoms with Crippen molar-refractivity contribution in [3.63, 3.8) is 0 Å². The van der Waals surface area contributed by atoms with Crippen molar-refractivity contribution in [1.82, 2.24) is 9.80 Å². The van der Waals surface area contributed by atoms with Crippen molar-refractivity contribution < 1.29 is 9.90 Å². The number of aliphatic carboxylic acids is 1. The van der Waals surface area contributed by atoms with Crippen LogP contribution in [-0.4, -0.2) is 60.1 Å². The smallest absolute Gasteiger partial charge is 0.321 e. The molecule has 3 rings (SSSR count). The Labute approximate surface area is 128 Å². The molecule has 0 bridgehead atoms. The first-order valence-corrected chi connectivity index (χ1v) is 8.75. The normalized spacial score (nSPS) is 29.8. The van der Waals surface area contributed by atoms with Crippen LogP contribution in [0.15, 0.2) is 0 Å². The molecule has 3 aliphatic rings. The summed E-state index contributed by atoms with van der Waals surface area (Å²) in [4.78, 5) is 16.4. The Kier molecular flexibility index (Phi) is 4.55. The van der Waals surface area contributed by atoms with Gasteiger partial charge in [0.05, 0.1) is 0 Å². The molecule has 0 amide bonds. The van der Waals surface area contributed by atoms with Gasteiger partial charge in [0.15, 0.2) is 0 Å². The van der Waals surface area contributed by atoms with E-state index in [1.54, 1.807) is 0 Å². The average molecular weight is 294 g/mol. The molecule has 2 aliphatic carbocycles. The van der Waals surface area contributed by atoms with E-state index in [-0.39, 0.29) is 6.04 Å². The van der Waals surface area contributed by atoms with Gasteiger partial charge in [-0.05, 0) is 56.9 Å². The maximum Gasteiger partial charge on any atom is 0.321 e. The van der Waals surface area contributed by atoms with Gasteiger partial charge >= 0.3 is 5.97 Å². The summed E-state index contributed by atoms with van der Waals surface area (Å²) in [6, 6.07) is -0.238. The Balaban J connectivity index is 1.61. The van der Waals surface area contributed by atoms with Gasteiger partial charge in [-0.2, -0.15) is 0 Å². The van der Waals surface area contributed by atoms with Crippen LogP contribution in [0.2, 0.25) is 0 Å². The first kappa shape index (κ1) is 15.3. The van der Waals surface area contributed by atoms with Crippen LogP contribution in [-0.2, 0) is 4.79 Å². The molecule has 0 aromatic heterocycles. The second-order valence-electron chi connectivity index (χ2n) is 7.67. The molecule has 1 spiro atoms. The highest BCUT2D eigenvalue weighted by atomic mass is 16.4. The Morgan fingerprint density at radius 1 is 1.05 bits per heavy atom. The van der Waals surface area contributed by atoms with E-state index in [1.807, 2.05) is 0 Å². The number of piperazine rings is 1. The van der Waals surface area contributed by atoms with Crippen LogP contribution in [0.5, 0.6) is 0 Å². The second-order valence-corrected chi connectivity index (χ2v) is 7.67. The first-order chi connectivity index (χ1) is 10.1. The van der Waals surface area contributed by atoms with Crippen LogP contribution in [0.4, 0.5) is 0 Å². The van der Waals surface area contributed by atoms with Gasteiger partial charge < -0.3 is 10.0 Å². The molecule has 1 saturated heterocycles. The predicted octanol–water partition coefficient (Wildman–Crippen LogP) is 2.44. The number of hydrogen-bond acceptors (Lipinski definition) is 3. The second kappa shape index (κ2) is 6.25. The van der Waals surface area contributed by atoms with Gasteiger partial charge in [0.2, 0.25) is 0 Å². The Morgan fingerprint density at radius 3 is 2.14 bits per heavy atom. The molecule has 120 valence electrons. The zero-order valence-electron chi connectivity index (χ0n) is 13.4. The van der Waals surface area contributed by atoms with Crippen molar-refractivity contribution in [2.75, 3.05) is 33.2 Å². The fourth-order valence-corrected chi connectivity index (χ4v) is 4.95. The van der Waals surface area contributed by atoms with Crippen LogP contribution >= 0.6 is 0 Å². The van der Waals surface area contributed by atoms with Crippen LogP contribution in [0.3, 0.4) is 0 Å². The van der Waals surface area contributed by atoms with Crippen molar-refractivity contribution in [2.24, 2.45) is 11.3 Å². The summed E-state index contributed by atoms with van der Waals surface area (Å²) in [5, 5.41) is 9.75. The van der Waals surface area contributed by atoms with E-state index in [2.05, 4.69) is 16.8 Å². The predicted molar refractivity (Wildman–Crippen MR) is 83.4 cm³/mol. The summed E-state index contributed by atoms with van der Waals surface area (Å²) in [6.07, 6.45) is 10.4. The first-order valence-electron chi connectivity index (χ1n) is 8.75. The molecule has 1 atom stereocenters. The zero-order chi connectivity index (χ0) is 14.9. The van der Waals surface area contributed by atoms with Crippen LogP contribution in [0, 0.1) is 11.3 Å². The molecule has 1 N–H and O–H groups in total. The minimum absolute atomic E-state index is 0.238. The van der Waals surface area contributed by atoms with E-state index in [0.717, 1.165) is 39.0 Å². The third kappa shape index (κ3) is 3.26. The van der Waals surface area contributed by atoms with E-state index in [0.29, 0.717) is 11.3 Å². The highest BCUT2D eigenvalue weighted by Crippen LogP contribution is 2.51. The summed E-state index contributed by atoms with van der Waals surface area (Å²) < 4.78 is 0. The van der Waals surface area contributed by atoms with Gasteiger partial charge in [-0.15, -0.1) is 0 Å². The third-order valence-corrected chi connectivity index (χ3v) is 6.39. The van der Waals surface area contributed by atoms with Gasteiger partial charge in [-0.25, -0.2) is 0 Å². The average Bonchev–Trinajstić information content (AvgIpc) is 2.92. The number of likely N-dealkylation sites (N-methyl/N-ethyl adjacent to an activating group) is 1. The van der Waals surface area contributed by atoms with E-state index in [9.17, 15) is 9.90 Å². The van der Waals surface area contributed by atoms with Gasteiger partial charge in [0, 0.05) is 26.2 Å². The molecule has 3 fully saturated rings. The standard InChI is InChI=1S/C17H30N2O2/c1-18-10-12-19(13-11-18)15(16(20)21)14-4-8-17(9-5-14)6-2-3-7-17/h14-15H,2-13H2,1H3,(H,20,21). The van der Waals surface area contributed by atoms with Gasteiger partial charge in [0.25, 0.3) is 0 Å². The fourth-order valence-electron chi connectivity index (χ4n) is 4.95. The highest BCUT2D eigenvalue weighted by molar-refractivity contribution is 5.74. The van der Waals surface area contributed by atoms with Crippen LogP contribution in [0.1, 0.15) is 51.4 Å². The Hall–Kier alpha value is -0.610. The fraction of sp³-hybridized carbons (Fsp3) is 0.941. The lowest BCUT2D eigenvalue weighted by molar-refractivity contribution is -0.147. The van der Waals surface area contributed by atoms with Gasteiger partial charge in [-0.3, -0.25) is 9.69 Å². The van der Waals surface area contributed by atoms with Crippen molar-refractivity contribution in [2.45, 2.75) is 57.4 Å². The molecule has 4 nitrogen and oxygen atoms in total. The van der Waals surface area contributed by atoms with Crippen molar-refractivity contribution >= 4 is 5.97 Å². The molecule has 0 aromatic rings. The third-order valence-electron chi connectivity index (χ3n) is 6.39. The Morgan fingerprint density at radius 2 is 1.62 bits per heavy atom. The van der Waals surface area contributed by atoms with Gasteiger partial charge in [0.1, 0.15) is 6.04 Å². The molecule has 1 unspecified atom stereocenters. The Bertz CT molecular complexity index is 361. The minimum atomic E-state index is -0.591. The minimum Gasteiger partial charge on any atom is -0.480 e. The lowest BCUT2D eigenvalue weighted by Crippen LogP contribution is -2.55. The molecule has 0 radical (unpaired) electrons. The van der Waals surface area contributed by atoms with Crippen molar-refractivity contribution in [3.05, 3.63) is 0 Å². The molecule has 1 aliphatic heterocycles. The monoisotopic (exact) mass is 294 g/mol. The summed E-state index contributed by atoms with van der Waals surface area (Å²) in [5.41, 5.74) is 0.599. The number of rotatable bonds is 3. The highest BCUT2D eigenvalue weighted by Gasteiger charge is 2.42. The zero-order valence-corrected chi connectivity index (χ0v) is 13.4. The number of carboxylic acid groups (broad SMARTS) is 1. The van der Waals surface area contributed by atoms with Gasteiger partial charge in [-0.1, -0.05) is 12.8 Å². The SMILES string of the molecule is CN1CCN(C(C(=O)O)C2CCC3(CCCC3)CC2)CC1. The molecular formula is C17H30N2O2. The van der Waals surface area contributed by atoms with E-state index in [1.165, 1.54) is 38.5 Å². The summed E-state index contributed by atoms with van der Waals surface area (Å²) in [7, 11) is 2.12. The quantitative estimate of drug-likeness (QED) is 0.868. The topological polar surface area (TPSA) is 43.8 Å². The van der Waals surface area contributed by atoms with E-state index < -0.39 is 5.97 Å².